The Morgan fingerprint density at radius 3 is 2.24 bits per heavy atom. The summed E-state index contributed by atoms with van der Waals surface area (Å²) in [6.45, 7) is 10.7. The molecule has 0 fully saturated rings. The molecule has 0 aliphatic rings. The normalized spacial score (nSPS) is 11.7. The molecule has 7 nitrogen and oxygen atoms in total. The molecule has 0 saturated heterocycles. The van der Waals surface area contributed by atoms with E-state index in [-0.39, 0.29) is 29.6 Å². The first-order valence-corrected chi connectivity index (χ1v) is 11.5. The van der Waals surface area contributed by atoms with E-state index in [1.807, 2.05) is 49.4 Å². The Morgan fingerprint density at radius 1 is 0.970 bits per heavy atom. The zero-order valence-electron chi connectivity index (χ0n) is 20.4. The molecule has 0 heterocycles. The average molecular weight is 455 g/mol. The predicted molar refractivity (Wildman–Crippen MR) is 133 cm³/mol. The van der Waals surface area contributed by atoms with Crippen molar-refractivity contribution in [1.29, 1.82) is 0 Å². The van der Waals surface area contributed by atoms with Crippen LogP contribution in [0.5, 0.6) is 5.75 Å². The van der Waals surface area contributed by atoms with Gasteiger partial charge in [-0.2, -0.15) is 0 Å². The number of hydrogen-bond donors (Lipinski definition) is 5. The Kier molecular flexibility index (Phi) is 8.88. The first-order chi connectivity index (χ1) is 15.5. The Balaban J connectivity index is 2.28. The number of amides is 3. The van der Waals surface area contributed by atoms with Crippen molar-refractivity contribution >= 4 is 11.9 Å². The summed E-state index contributed by atoms with van der Waals surface area (Å²) in [5.41, 5.74) is 7.91. The Bertz CT molecular complexity index is 950. The minimum absolute atomic E-state index is 0.168. The highest BCUT2D eigenvalue weighted by molar-refractivity contribution is 5.85. The van der Waals surface area contributed by atoms with Crippen LogP contribution in [0.15, 0.2) is 42.5 Å². The van der Waals surface area contributed by atoms with E-state index in [0.29, 0.717) is 18.7 Å². The number of phenols is 1. The van der Waals surface area contributed by atoms with Crippen molar-refractivity contribution in [3.8, 4) is 16.9 Å². The molecular formula is C26H38N4O3. The molecule has 0 unspecified atom stereocenters. The number of benzene rings is 2. The van der Waals surface area contributed by atoms with Gasteiger partial charge in [-0.25, -0.2) is 4.79 Å². The van der Waals surface area contributed by atoms with Gasteiger partial charge < -0.3 is 26.8 Å². The highest BCUT2D eigenvalue weighted by Gasteiger charge is 2.27. The number of carbonyl (C=O) groups is 2. The maximum atomic E-state index is 12.0. The third kappa shape index (κ3) is 7.22. The number of hydrogen-bond acceptors (Lipinski definition) is 4. The minimum atomic E-state index is -0.910. The van der Waals surface area contributed by atoms with Gasteiger partial charge in [0.2, 0.25) is 5.91 Å². The zero-order chi connectivity index (χ0) is 24.6. The molecule has 6 N–H and O–H groups in total. The maximum absolute atomic E-state index is 12.0. The van der Waals surface area contributed by atoms with Crippen LogP contribution in [0.2, 0.25) is 0 Å². The van der Waals surface area contributed by atoms with Crippen LogP contribution in [0.4, 0.5) is 4.79 Å². The fraction of sp³-hybridized carbons (Fsp3) is 0.462. The molecule has 0 saturated carbocycles. The van der Waals surface area contributed by atoms with E-state index >= 15 is 0 Å². The van der Waals surface area contributed by atoms with Crippen molar-refractivity contribution in [3.05, 3.63) is 53.6 Å². The molecule has 180 valence electrons. The molecule has 0 atom stereocenters. The molecule has 0 aliphatic carbocycles. The summed E-state index contributed by atoms with van der Waals surface area (Å²) in [5.74, 6) is -0.0150. The second-order valence-corrected chi connectivity index (χ2v) is 9.53. The number of aromatic hydroxyl groups is 1. The maximum Gasteiger partial charge on any atom is 0.315 e. The lowest BCUT2D eigenvalue weighted by atomic mass is 9.77. The number of nitrogens with two attached hydrogens (primary N) is 1. The van der Waals surface area contributed by atoms with Crippen molar-refractivity contribution in [2.24, 2.45) is 5.73 Å². The van der Waals surface area contributed by atoms with E-state index in [1.165, 1.54) is 0 Å². The number of phenolic OH excluding ortho intramolecular Hbond substituents is 1. The number of rotatable bonds is 10. The fourth-order valence-electron chi connectivity index (χ4n) is 3.79. The average Bonchev–Trinajstić information content (AvgIpc) is 2.75. The van der Waals surface area contributed by atoms with E-state index in [2.05, 4.69) is 29.8 Å². The topological polar surface area (TPSA) is 116 Å². The summed E-state index contributed by atoms with van der Waals surface area (Å²) < 4.78 is 0. The van der Waals surface area contributed by atoms with Gasteiger partial charge in [0, 0.05) is 30.8 Å². The highest BCUT2D eigenvalue weighted by atomic mass is 16.3. The molecule has 3 amide bonds. The van der Waals surface area contributed by atoms with E-state index < -0.39 is 5.54 Å². The summed E-state index contributed by atoms with van der Waals surface area (Å²) in [6.07, 6.45) is 1.52. The fourth-order valence-corrected chi connectivity index (χ4v) is 3.79. The summed E-state index contributed by atoms with van der Waals surface area (Å²) in [4.78, 5) is 24.1. The largest absolute Gasteiger partial charge is 0.507 e. The van der Waals surface area contributed by atoms with Crippen molar-refractivity contribution in [2.45, 2.75) is 65.0 Å². The molecule has 0 aliphatic heterocycles. The lowest BCUT2D eigenvalue weighted by Gasteiger charge is -2.30. The van der Waals surface area contributed by atoms with Gasteiger partial charge in [-0.05, 0) is 50.2 Å². The van der Waals surface area contributed by atoms with Gasteiger partial charge in [0.1, 0.15) is 5.75 Å². The third-order valence-corrected chi connectivity index (χ3v) is 5.71. The monoisotopic (exact) mass is 454 g/mol. The van der Waals surface area contributed by atoms with E-state index in [4.69, 9.17) is 5.73 Å². The smallest absolute Gasteiger partial charge is 0.315 e. The van der Waals surface area contributed by atoms with Crippen molar-refractivity contribution in [2.75, 3.05) is 13.1 Å². The Hall–Kier alpha value is -3.06. The van der Waals surface area contributed by atoms with E-state index in [1.54, 1.807) is 13.8 Å². The number of urea groups is 1. The molecule has 0 aromatic heterocycles. The Morgan fingerprint density at radius 2 is 1.64 bits per heavy atom. The molecule has 0 radical (unpaired) electrons. The first kappa shape index (κ1) is 26.2. The zero-order valence-corrected chi connectivity index (χ0v) is 20.4. The van der Waals surface area contributed by atoms with Crippen LogP contribution in [-0.2, 0) is 16.8 Å². The lowest BCUT2D eigenvalue weighted by Crippen LogP contribution is -2.49. The minimum Gasteiger partial charge on any atom is -0.507 e. The molecule has 7 heteroatoms. The molecule has 2 rings (SSSR count). The van der Waals surface area contributed by atoms with Gasteiger partial charge in [-0.3, -0.25) is 4.79 Å². The summed E-state index contributed by atoms with van der Waals surface area (Å²) in [6, 6.07) is 13.4. The number of nitrogens with one attached hydrogen (secondary N) is 3. The summed E-state index contributed by atoms with van der Waals surface area (Å²) in [5, 5.41) is 19.7. The summed E-state index contributed by atoms with van der Waals surface area (Å²) >= 11 is 0. The van der Waals surface area contributed by atoms with Gasteiger partial charge >= 0.3 is 6.03 Å². The quantitative estimate of drug-likeness (QED) is 0.351. The lowest BCUT2D eigenvalue weighted by molar-refractivity contribution is -0.125. The van der Waals surface area contributed by atoms with E-state index in [9.17, 15) is 14.7 Å². The Labute approximate surface area is 197 Å². The van der Waals surface area contributed by atoms with Crippen molar-refractivity contribution in [3.63, 3.8) is 0 Å². The second-order valence-electron chi connectivity index (χ2n) is 9.53. The third-order valence-electron chi connectivity index (χ3n) is 5.71. The van der Waals surface area contributed by atoms with Crippen LogP contribution in [0.25, 0.3) is 11.1 Å². The first-order valence-electron chi connectivity index (χ1n) is 11.5. The predicted octanol–water partition coefficient (Wildman–Crippen LogP) is 3.79. The van der Waals surface area contributed by atoms with Gasteiger partial charge in [-0.15, -0.1) is 0 Å². The van der Waals surface area contributed by atoms with Gasteiger partial charge in [0.25, 0.3) is 0 Å². The second kappa shape index (κ2) is 11.2. The van der Waals surface area contributed by atoms with Crippen molar-refractivity contribution < 1.29 is 14.7 Å². The van der Waals surface area contributed by atoms with Crippen molar-refractivity contribution in [1.82, 2.24) is 16.0 Å². The summed E-state index contributed by atoms with van der Waals surface area (Å²) in [7, 11) is 0. The van der Waals surface area contributed by atoms with E-state index in [0.717, 1.165) is 29.5 Å². The van der Waals surface area contributed by atoms with Crippen LogP contribution in [-0.4, -0.2) is 35.7 Å². The van der Waals surface area contributed by atoms with Crippen LogP contribution in [0, 0.1) is 0 Å². The van der Waals surface area contributed by atoms with Crippen LogP contribution < -0.4 is 21.7 Å². The van der Waals surface area contributed by atoms with Crippen LogP contribution in [0.3, 0.4) is 0 Å². The van der Waals surface area contributed by atoms with Crippen LogP contribution >= 0.6 is 0 Å². The standard InChI is InChI=1S/C26H38N4O3/c1-6-28-24(33)30-17-20-21(14-13-19(22(20)31)18-11-8-7-9-12-18)25(2,3)15-10-16-29-23(32)26(4,5)27/h7-9,11-14,31H,6,10,15-17,27H2,1-5H3,(H,29,32)(H2,28,30,33). The highest BCUT2D eigenvalue weighted by Crippen LogP contribution is 2.40. The number of carbonyl (C=O) groups excluding carboxylic acids is 2. The van der Waals surface area contributed by atoms with Gasteiger partial charge in [-0.1, -0.05) is 56.3 Å². The van der Waals surface area contributed by atoms with Gasteiger partial charge in [0.15, 0.2) is 0 Å². The SMILES string of the molecule is CCNC(=O)NCc1c(C(C)(C)CCCNC(=O)C(C)(C)N)ccc(-c2ccccc2)c1O. The van der Waals surface area contributed by atoms with Crippen LogP contribution in [0.1, 0.15) is 58.6 Å². The molecule has 2 aromatic carbocycles. The van der Waals surface area contributed by atoms with Gasteiger partial charge in [0.05, 0.1) is 5.54 Å². The molecule has 33 heavy (non-hydrogen) atoms. The molecule has 0 spiro atoms. The molecular weight excluding hydrogens is 416 g/mol. The molecule has 0 bridgehead atoms. The molecule has 2 aromatic rings.